The molecule has 19 heavy (non-hydrogen) atoms. The molecule has 0 saturated carbocycles. The predicted octanol–water partition coefficient (Wildman–Crippen LogP) is 1.51. The number of carbonyl (C=O) groups is 1. The maximum atomic E-state index is 12.0. The monoisotopic (exact) mass is 284 g/mol. The summed E-state index contributed by atoms with van der Waals surface area (Å²) in [5, 5.41) is 3.01. The highest BCUT2D eigenvalue weighted by Gasteiger charge is 2.29. The van der Waals surface area contributed by atoms with Gasteiger partial charge in [-0.3, -0.25) is 4.79 Å². The Kier molecular flexibility index (Phi) is 5.20. The molecule has 2 rings (SSSR count). The fourth-order valence-electron chi connectivity index (χ4n) is 1.89. The van der Waals surface area contributed by atoms with Crippen molar-refractivity contribution in [2.45, 2.75) is 26.3 Å². The lowest BCUT2D eigenvalue weighted by Crippen LogP contribution is -2.49. The van der Waals surface area contributed by atoms with Crippen LogP contribution in [0.5, 0.6) is 5.75 Å². The summed E-state index contributed by atoms with van der Waals surface area (Å²) >= 11 is 0. The lowest BCUT2D eigenvalue weighted by Gasteiger charge is -2.29. The second-order valence-corrected chi connectivity index (χ2v) is 5.38. The molecule has 3 N–H and O–H groups in total. The van der Waals surface area contributed by atoms with E-state index in [1.54, 1.807) is 0 Å². The fraction of sp³-hybridized carbons (Fsp3) is 0.500. The smallest absolute Gasteiger partial charge is 0.227 e. The lowest BCUT2D eigenvalue weighted by molar-refractivity contribution is -0.129. The number of rotatable bonds is 3. The van der Waals surface area contributed by atoms with Gasteiger partial charge < -0.3 is 15.8 Å². The molecule has 1 aliphatic heterocycles. The summed E-state index contributed by atoms with van der Waals surface area (Å²) in [7, 11) is 0. The Hall–Kier alpha value is -1.26. The zero-order valence-corrected chi connectivity index (χ0v) is 12.1. The first-order valence-electron chi connectivity index (χ1n) is 6.24. The molecule has 0 aromatic heterocycles. The number of halogens is 1. The third-order valence-electron chi connectivity index (χ3n) is 3.34. The van der Waals surface area contributed by atoms with Crippen LogP contribution in [0.2, 0.25) is 0 Å². The molecule has 1 aliphatic rings. The number of benzene rings is 1. The summed E-state index contributed by atoms with van der Waals surface area (Å²) in [6.45, 7) is 4.55. The van der Waals surface area contributed by atoms with Crippen molar-refractivity contribution in [2.24, 2.45) is 11.1 Å². The molecule has 5 heteroatoms. The first kappa shape index (κ1) is 15.8. The van der Waals surface area contributed by atoms with Crippen LogP contribution >= 0.6 is 12.4 Å². The molecule has 1 atom stereocenters. The van der Waals surface area contributed by atoms with Crippen LogP contribution in [0.25, 0.3) is 0 Å². The van der Waals surface area contributed by atoms with E-state index >= 15 is 0 Å². The first-order valence-corrected chi connectivity index (χ1v) is 6.24. The molecular weight excluding hydrogens is 264 g/mol. The van der Waals surface area contributed by atoms with E-state index in [0.717, 1.165) is 17.7 Å². The minimum absolute atomic E-state index is 0. The van der Waals surface area contributed by atoms with E-state index < -0.39 is 5.41 Å². The molecule has 1 aromatic carbocycles. The topological polar surface area (TPSA) is 64.4 Å². The van der Waals surface area contributed by atoms with E-state index in [4.69, 9.17) is 10.5 Å². The van der Waals surface area contributed by atoms with E-state index in [2.05, 4.69) is 5.32 Å². The van der Waals surface area contributed by atoms with Crippen molar-refractivity contribution >= 4 is 18.3 Å². The van der Waals surface area contributed by atoms with Crippen LogP contribution in [-0.4, -0.2) is 25.1 Å². The number of para-hydroxylation sites is 1. The van der Waals surface area contributed by atoms with Crippen LogP contribution in [-0.2, 0) is 11.2 Å². The maximum absolute atomic E-state index is 12.0. The van der Waals surface area contributed by atoms with Gasteiger partial charge in [0.15, 0.2) is 0 Å². The van der Waals surface area contributed by atoms with Crippen molar-refractivity contribution in [3.05, 3.63) is 29.8 Å². The van der Waals surface area contributed by atoms with Gasteiger partial charge in [-0.05, 0) is 31.9 Å². The van der Waals surface area contributed by atoms with Gasteiger partial charge in [-0.1, -0.05) is 18.2 Å². The molecule has 1 unspecified atom stereocenters. The highest BCUT2D eigenvalue weighted by molar-refractivity contribution is 5.85. The molecule has 4 nitrogen and oxygen atoms in total. The summed E-state index contributed by atoms with van der Waals surface area (Å²) in [5.74, 6) is 0.902. The first-order chi connectivity index (χ1) is 8.53. The van der Waals surface area contributed by atoms with Crippen LogP contribution in [0, 0.1) is 5.41 Å². The van der Waals surface area contributed by atoms with E-state index in [1.165, 1.54) is 0 Å². The Morgan fingerprint density at radius 2 is 2.16 bits per heavy atom. The summed E-state index contributed by atoms with van der Waals surface area (Å²) in [6, 6.07) is 7.95. The van der Waals surface area contributed by atoms with E-state index in [-0.39, 0.29) is 24.4 Å². The number of ether oxygens (including phenoxy) is 1. The third-order valence-corrected chi connectivity index (χ3v) is 3.34. The van der Waals surface area contributed by atoms with Gasteiger partial charge in [-0.25, -0.2) is 0 Å². The normalized spacial score (nSPS) is 17.7. The van der Waals surface area contributed by atoms with Crippen LogP contribution in [0.4, 0.5) is 0 Å². The van der Waals surface area contributed by atoms with Gasteiger partial charge in [-0.15, -0.1) is 12.4 Å². The predicted molar refractivity (Wildman–Crippen MR) is 77.7 cm³/mol. The van der Waals surface area contributed by atoms with Gasteiger partial charge >= 0.3 is 0 Å². The van der Waals surface area contributed by atoms with Crippen LogP contribution in [0.1, 0.15) is 19.4 Å². The number of hydrogen-bond donors (Lipinski definition) is 2. The Morgan fingerprint density at radius 1 is 1.47 bits per heavy atom. The zero-order valence-electron chi connectivity index (χ0n) is 11.3. The van der Waals surface area contributed by atoms with Crippen molar-refractivity contribution < 1.29 is 9.53 Å². The van der Waals surface area contributed by atoms with Crippen molar-refractivity contribution in [2.75, 3.05) is 13.2 Å². The molecule has 1 amide bonds. The molecule has 106 valence electrons. The number of carbonyl (C=O) groups excluding carboxylic acids is 1. The molecule has 0 radical (unpaired) electrons. The fourth-order valence-corrected chi connectivity index (χ4v) is 1.89. The number of hydrogen-bond acceptors (Lipinski definition) is 3. The lowest BCUT2D eigenvalue weighted by atomic mass is 9.91. The quantitative estimate of drug-likeness (QED) is 0.884. The molecule has 0 fully saturated rings. The largest absolute Gasteiger partial charge is 0.491 e. The van der Waals surface area contributed by atoms with E-state index in [0.29, 0.717) is 13.2 Å². The van der Waals surface area contributed by atoms with Gasteiger partial charge in [0, 0.05) is 6.54 Å². The summed E-state index contributed by atoms with van der Waals surface area (Å²) in [6.07, 6.45) is 0.808. The second-order valence-electron chi connectivity index (χ2n) is 5.38. The van der Waals surface area contributed by atoms with Crippen LogP contribution in [0.15, 0.2) is 24.3 Å². The Balaban J connectivity index is 0.00000180. The van der Waals surface area contributed by atoms with Crippen LogP contribution in [0.3, 0.4) is 0 Å². The average molecular weight is 285 g/mol. The second kappa shape index (κ2) is 6.26. The van der Waals surface area contributed by atoms with Crippen molar-refractivity contribution in [3.8, 4) is 5.75 Å². The van der Waals surface area contributed by atoms with E-state index in [9.17, 15) is 4.79 Å². The third kappa shape index (κ3) is 3.61. The van der Waals surface area contributed by atoms with Gasteiger partial charge in [0.1, 0.15) is 12.4 Å². The van der Waals surface area contributed by atoms with Crippen molar-refractivity contribution in [1.82, 2.24) is 5.32 Å². The van der Waals surface area contributed by atoms with Gasteiger partial charge in [0.2, 0.25) is 5.91 Å². The summed E-state index contributed by atoms with van der Waals surface area (Å²) in [5.41, 5.74) is 6.20. The van der Waals surface area contributed by atoms with E-state index in [1.807, 2.05) is 38.1 Å². The number of nitrogens with one attached hydrogen (secondary N) is 1. The molecule has 0 bridgehead atoms. The molecule has 0 spiro atoms. The highest BCUT2D eigenvalue weighted by atomic mass is 35.5. The Morgan fingerprint density at radius 3 is 2.84 bits per heavy atom. The number of nitrogens with two attached hydrogens (primary N) is 1. The minimum atomic E-state index is -0.531. The number of fused-ring (bicyclic) bond motifs is 1. The molecule has 1 aromatic rings. The molecule has 1 heterocycles. The zero-order chi connectivity index (χ0) is 13.2. The summed E-state index contributed by atoms with van der Waals surface area (Å²) in [4.78, 5) is 12.0. The van der Waals surface area contributed by atoms with Crippen molar-refractivity contribution in [1.29, 1.82) is 0 Å². The number of amides is 1. The Bertz CT molecular complexity index is 449. The molecule has 0 saturated heterocycles. The van der Waals surface area contributed by atoms with Gasteiger partial charge in [0.25, 0.3) is 0 Å². The minimum Gasteiger partial charge on any atom is -0.491 e. The van der Waals surface area contributed by atoms with Gasteiger partial charge in [0.05, 0.1) is 11.5 Å². The maximum Gasteiger partial charge on any atom is 0.227 e. The summed E-state index contributed by atoms with van der Waals surface area (Å²) < 4.78 is 5.64. The van der Waals surface area contributed by atoms with Crippen molar-refractivity contribution in [3.63, 3.8) is 0 Å². The Labute approximate surface area is 120 Å². The average Bonchev–Trinajstić information content (AvgIpc) is 2.38. The standard InChI is InChI=1S/C14H20N2O2.ClH/c1-14(2,9-15)13(17)16-11-7-10-5-3-4-6-12(10)18-8-11;/h3-6,11H,7-9,15H2,1-2H3,(H,16,17);1H. The van der Waals surface area contributed by atoms with Crippen LogP contribution < -0.4 is 15.8 Å². The highest BCUT2D eigenvalue weighted by Crippen LogP contribution is 2.24. The van der Waals surface area contributed by atoms with Gasteiger partial charge in [-0.2, -0.15) is 0 Å². The molecule has 0 aliphatic carbocycles. The molecular formula is C14H21ClN2O2. The SMILES string of the molecule is CC(C)(CN)C(=O)NC1COc2ccccc2C1.Cl.